The van der Waals surface area contributed by atoms with Crippen molar-refractivity contribution >= 4 is 11.7 Å². The van der Waals surface area contributed by atoms with Gasteiger partial charge >= 0.3 is 6.18 Å². The van der Waals surface area contributed by atoms with Crippen LogP contribution in [0.15, 0.2) is 78.3 Å². The Hall–Kier alpha value is -3.22. The summed E-state index contributed by atoms with van der Waals surface area (Å²) in [7, 11) is 0. The smallest absolute Gasteiger partial charge is 0.433 e. The van der Waals surface area contributed by atoms with Crippen LogP contribution in [-0.2, 0) is 6.18 Å². The molecule has 1 aromatic heterocycles. The summed E-state index contributed by atoms with van der Waals surface area (Å²) in [5, 5.41) is 7.91. The molecule has 0 aliphatic heterocycles. The highest BCUT2D eigenvalue weighted by molar-refractivity contribution is 6.05. The molecule has 1 aromatic carbocycles. The molecule has 0 fully saturated rings. The summed E-state index contributed by atoms with van der Waals surface area (Å²) in [6.07, 6.45) is -0.126. The highest BCUT2D eigenvalue weighted by atomic mass is 19.4. The lowest BCUT2D eigenvalue weighted by Gasteiger charge is -2.08. The van der Waals surface area contributed by atoms with Crippen LogP contribution < -0.4 is 4.74 Å². The molecule has 0 amide bonds. The zero-order chi connectivity index (χ0) is 18.3. The lowest BCUT2D eigenvalue weighted by Crippen LogP contribution is -2.13. The molecule has 2 rings (SSSR count). The fourth-order valence-corrected chi connectivity index (χ4v) is 1.75. The second-order valence-corrected chi connectivity index (χ2v) is 4.71. The third kappa shape index (κ3) is 5.42. The first-order chi connectivity index (χ1) is 11.9. The number of aromatic nitrogens is 1. The Morgan fingerprint density at radius 1 is 1.12 bits per heavy atom. The Morgan fingerprint density at radius 2 is 1.84 bits per heavy atom. The van der Waals surface area contributed by atoms with Crippen molar-refractivity contribution < 1.29 is 17.9 Å². The van der Waals surface area contributed by atoms with Crippen LogP contribution in [0.4, 0.5) is 13.2 Å². The monoisotopic (exact) mass is 345 g/mol. The molecule has 2 aromatic rings. The van der Waals surface area contributed by atoms with Crippen molar-refractivity contribution in [2.45, 2.75) is 6.18 Å². The van der Waals surface area contributed by atoms with Crippen molar-refractivity contribution in [1.82, 2.24) is 4.98 Å². The van der Waals surface area contributed by atoms with E-state index >= 15 is 0 Å². The third-order valence-electron chi connectivity index (χ3n) is 2.84. The predicted molar refractivity (Wildman–Crippen MR) is 89.9 cm³/mol. The van der Waals surface area contributed by atoms with Gasteiger partial charge in [0.05, 0.1) is 0 Å². The second-order valence-electron chi connectivity index (χ2n) is 4.71. The molecule has 0 unspecified atom stereocenters. The van der Waals surface area contributed by atoms with Crippen LogP contribution in [0.25, 0.3) is 0 Å². The van der Waals surface area contributed by atoms with Gasteiger partial charge in [0.15, 0.2) is 5.84 Å². The first-order valence-electron chi connectivity index (χ1n) is 7.14. The fourth-order valence-electron chi connectivity index (χ4n) is 1.75. The van der Waals surface area contributed by atoms with Crippen LogP contribution in [-0.4, -0.2) is 16.7 Å². The summed E-state index contributed by atoms with van der Waals surface area (Å²) in [6.45, 7) is 3.53. The van der Waals surface area contributed by atoms with Gasteiger partial charge < -0.3 is 4.74 Å². The number of rotatable bonds is 4. The predicted octanol–water partition coefficient (Wildman–Crippen LogP) is 4.65. The topological polar surface area (TPSA) is 58.3 Å². The van der Waals surface area contributed by atoms with Gasteiger partial charge in [-0.2, -0.15) is 18.2 Å². The lowest BCUT2D eigenvalue weighted by atomic mass is 10.3. The maximum Gasteiger partial charge on any atom is 0.433 e. The van der Waals surface area contributed by atoms with Gasteiger partial charge in [-0.3, -0.25) is 5.41 Å². The van der Waals surface area contributed by atoms with Gasteiger partial charge in [-0.25, -0.2) is 4.98 Å². The summed E-state index contributed by atoms with van der Waals surface area (Å²) in [5.41, 5.74) is -1.30. The first-order valence-corrected chi connectivity index (χ1v) is 7.14. The van der Waals surface area contributed by atoms with Gasteiger partial charge in [-0.05, 0) is 24.3 Å². The molecule has 25 heavy (non-hydrogen) atoms. The molecule has 1 heterocycles. The molecule has 7 heteroatoms. The number of ether oxygens (including phenoxy) is 1. The number of alkyl halides is 3. The van der Waals surface area contributed by atoms with Crippen molar-refractivity contribution in [3.8, 4) is 5.75 Å². The van der Waals surface area contributed by atoms with Crippen molar-refractivity contribution in [1.29, 1.82) is 5.41 Å². The van der Waals surface area contributed by atoms with Crippen LogP contribution in [0.5, 0.6) is 5.75 Å². The highest BCUT2D eigenvalue weighted by Crippen LogP contribution is 2.27. The molecule has 0 aliphatic carbocycles. The number of nitrogens with one attached hydrogen (secondary N) is 1. The number of aliphatic imine (C=N–C) groups is 1. The number of pyridine rings is 1. The summed E-state index contributed by atoms with van der Waals surface area (Å²) >= 11 is 0. The summed E-state index contributed by atoms with van der Waals surface area (Å²) in [4.78, 5) is 7.34. The Bertz CT molecular complexity index is 812. The molecule has 0 radical (unpaired) electrons. The maximum absolute atomic E-state index is 12.7. The minimum absolute atomic E-state index is 0.0234. The number of amidine groups is 1. The number of nitrogens with zero attached hydrogens (tertiary/aromatic N) is 2. The minimum Gasteiger partial charge on any atom is -0.439 e. The molecule has 0 bridgehead atoms. The molecular weight excluding hydrogens is 331 g/mol. The van der Waals surface area contributed by atoms with Gasteiger partial charge in [-0.15, -0.1) is 0 Å². The number of hydrogen-bond acceptors (Lipinski definition) is 3. The Balaban J connectivity index is 2.30. The van der Waals surface area contributed by atoms with E-state index in [9.17, 15) is 13.2 Å². The minimum atomic E-state index is -4.59. The highest BCUT2D eigenvalue weighted by Gasteiger charge is 2.32. The van der Waals surface area contributed by atoms with E-state index in [1.807, 2.05) is 0 Å². The lowest BCUT2D eigenvalue weighted by molar-refractivity contribution is -0.141. The van der Waals surface area contributed by atoms with Crippen LogP contribution in [0.3, 0.4) is 0 Å². The zero-order valence-electron chi connectivity index (χ0n) is 13.0. The van der Waals surface area contributed by atoms with E-state index in [-0.39, 0.29) is 11.6 Å². The molecule has 0 spiro atoms. The number of hydrogen-bond donors (Lipinski definition) is 1. The second kappa shape index (κ2) is 8.05. The molecule has 128 valence electrons. The molecule has 0 saturated heterocycles. The van der Waals surface area contributed by atoms with Gasteiger partial charge in [0.2, 0.25) is 5.90 Å². The number of allylic oxidation sites excluding steroid dienone is 2. The van der Waals surface area contributed by atoms with Gasteiger partial charge in [0.1, 0.15) is 17.1 Å². The third-order valence-corrected chi connectivity index (χ3v) is 2.84. The van der Waals surface area contributed by atoms with Crippen LogP contribution >= 0.6 is 0 Å². The van der Waals surface area contributed by atoms with Crippen LogP contribution in [0.2, 0.25) is 0 Å². The molecule has 0 atom stereocenters. The van der Waals surface area contributed by atoms with Crippen molar-refractivity contribution in [3.63, 3.8) is 0 Å². The quantitative estimate of drug-likeness (QED) is 0.498. The maximum atomic E-state index is 12.7. The fraction of sp³-hybridized carbons (Fsp3) is 0.0556. The Kier molecular flexibility index (Phi) is 5.84. The number of benzene rings is 1. The molecule has 0 saturated carbocycles. The SMILES string of the molecule is C=C/C=C/C(=N\C(=N)c1cccc(C(F)(F)F)n1)Oc1ccccc1. The molecule has 4 nitrogen and oxygen atoms in total. The van der Waals surface area contributed by atoms with Crippen molar-refractivity contribution in [2.75, 3.05) is 0 Å². The molecule has 1 N–H and O–H groups in total. The average molecular weight is 345 g/mol. The van der Waals surface area contributed by atoms with Crippen molar-refractivity contribution in [3.05, 3.63) is 84.7 Å². The molecule has 0 aliphatic rings. The summed E-state index contributed by atoms with van der Waals surface area (Å²) in [5.74, 6) is 0.0424. The van der Waals surface area contributed by atoms with E-state index in [2.05, 4.69) is 16.6 Å². The van der Waals surface area contributed by atoms with E-state index < -0.39 is 17.7 Å². The van der Waals surface area contributed by atoms with Crippen LogP contribution in [0, 0.1) is 5.41 Å². The van der Waals surface area contributed by atoms with Crippen molar-refractivity contribution in [2.24, 2.45) is 4.99 Å². The van der Waals surface area contributed by atoms with E-state index in [1.165, 1.54) is 30.4 Å². The normalized spacial score (nSPS) is 12.2. The largest absolute Gasteiger partial charge is 0.439 e. The van der Waals surface area contributed by atoms with E-state index in [0.29, 0.717) is 5.75 Å². The van der Waals surface area contributed by atoms with Gasteiger partial charge in [0, 0.05) is 6.08 Å². The Morgan fingerprint density at radius 3 is 2.48 bits per heavy atom. The Labute approximate surface area is 142 Å². The first kappa shape index (κ1) is 18.1. The average Bonchev–Trinajstić information content (AvgIpc) is 2.60. The summed E-state index contributed by atoms with van der Waals surface area (Å²) in [6, 6.07) is 12.0. The van der Waals surface area contributed by atoms with Gasteiger partial charge in [0.25, 0.3) is 0 Å². The zero-order valence-corrected chi connectivity index (χ0v) is 13.0. The summed E-state index contributed by atoms with van der Waals surface area (Å²) < 4.78 is 43.7. The van der Waals surface area contributed by atoms with E-state index in [0.717, 1.165) is 6.07 Å². The number of para-hydroxylation sites is 1. The van der Waals surface area contributed by atoms with Crippen LogP contribution in [0.1, 0.15) is 11.4 Å². The standard InChI is InChI=1S/C18H14F3N3O/c1-2-3-12-16(25-13-8-5-4-6-9-13)24-17(22)14-10-7-11-15(23-14)18(19,20)21/h2-12,22H,1H2/b12-3+,22-17?,24-16+. The van der Waals surface area contributed by atoms with Gasteiger partial charge in [-0.1, -0.05) is 43.0 Å². The van der Waals surface area contributed by atoms with E-state index in [4.69, 9.17) is 10.1 Å². The molecular formula is C18H14F3N3O. The number of halogens is 3. The van der Waals surface area contributed by atoms with E-state index in [1.54, 1.807) is 30.3 Å².